The first kappa shape index (κ1) is 31.0. The molecule has 228 valence electrons. The number of carbonyl (C=O) groups excluding carboxylic acids is 1. The highest BCUT2D eigenvalue weighted by molar-refractivity contribution is 7.80. The molecule has 1 saturated carbocycles. The summed E-state index contributed by atoms with van der Waals surface area (Å²) in [5.41, 5.74) is 5.15. The molecule has 2 N–H and O–H groups in total. The van der Waals surface area contributed by atoms with E-state index in [4.69, 9.17) is 14.0 Å². The summed E-state index contributed by atoms with van der Waals surface area (Å²) in [6.07, 6.45) is 4.07. The summed E-state index contributed by atoms with van der Waals surface area (Å²) in [5.74, 6) is 0.688. The number of ether oxygens (including phenoxy) is 1. The maximum Gasteiger partial charge on any atom is 0.193 e. The molecule has 0 saturated heterocycles. The first-order valence-electron chi connectivity index (χ1n) is 14.9. The topological polar surface area (TPSA) is 96.3 Å². The van der Waals surface area contributed by atoms with E-state index >= 15 is 0 Å². The van der Waals surface area contributed by atoms with Crippen LogP contribution in [0.2, 0.25) is 0 Å². The monoisotopic (exact) mass is 603 g/mol. The zero-order valence-electron chi connectivity index (χ0n) is 25.1. The Morgan fingerprint density at radius 2 is 1.51 bits per heavy atom. The Balaban J connectivity index is 0.00000180. The van der Waals surface area contributed by atoms with Gasteiger partial charge in [-0.05, 0) is 48.4 Å². The molecule has 1 heterocycles. The lowest BCUT2D eigenvalue weighted by atomic mass is 9.65. The van der Waals surface area contributed by atoms with Crippen molar-refractivity contribution in [3.05, 3.63) is 107 Å². The number of hydrogen-bond donors (Lipinski definition) is 2. The van der Waals surface area contributed by atoms with Crippen LogP contribution in [0, 0.1) is 0 Å². The highest BCUT2D eigenvalue weighted by atomic mass is 32.2. The van der Waals surface area contributed by atoms with E-state index in [-0.39, 0.29) is 35.9 Å². The van der Waals surface area contributed by atoms with E-state index in [1.165, 1.54) is 11.1 Å². The van der Waals surface area contributed by atoms with Gasteiger partial charge in [0.05, 0.1) is 11.8 Å². The number of likely N-dealkylation sites (N-methyl/N-ethyl adjacent to an activating group) is 1. The van der Waals surface area contributed by atoms with Gasteiger partial charge in [-0.2, -0.15) is 0 Å². The molecular formula is C35H41NO6S. The second-order valence-corrected chi connectivity index (χ2v) is 12.7. The van der Waals surface area contributed by atoms with Crippen molar-refractivity contribution in [2.24, 2.45) is 0 Å². The van der Waals surface area contributed by atoms with Gasteiger partial charge in [0, 0.05) is 57.9 Å². The van der Waals surface area contributed by atoms with Crippen LogP contribution < -0.4 is 4.74 Å². The summed E-state index contributed by atoms with van der Waals surface area (Å²) in [6.45, 7) is 0. The predicted octanol–water partition coefficient (Wildman–Crippen LogP) is 5.80. The average Bonchev–Trinajstić information content (AvgIpc) is 3.50. The van der Waals surface area contributed by atoms with Crippen LogP contribution in [0.1, 0.15) is 60.8 Å². The molecule has 2 atom stereocenters. The molecule has 0 amide bonds. The smallest absolute Gasteiger partial charge is 0.193 e. The summed E-state index contributed by atoms with van der Waals surface area (Å²) >= 11 is -1.74. The van der Waals surface area contributed by atoms with E-state index in [9.17, 15) is 14.1 Å². The summed E-state index contributed by atoms with van der Waals surface area (Å²) < 4.78 is 26.1. The van der Waals surface area contributed by atoms with E-state index in [2.05, 4.69) is 60.7 Å². The van der Waals surface area contributed by atoms with Gasteiger partial charge in [0.1, 0.15) is 16.4 Å². The van der Waals surface area contributed by atoms with Gasteiger partial charge in [-0.15, -0.1) is 0 Å². The molecule has 0 radical (unpaired) electrons. The molecule has 2 unspecified atom stereocenters. The first-order valence-corrected chi connectivity index (χ1v) is 16.0. The zero-order valence-corrected chi connectivity index (χ0v) is 25.9. The van der Waals surface area contributed by atoms with Gasteiger partial charge in [-0.1, -0.05) is 66.7 Å². The quantitative estimate of drug-likeness (QED) is 0.368. The van der Waals surface area contributed by atoms with Gasteiger partial charge in [-0.25, -0.2) is 4.21 Å². The van der Waals surface area contributed by atoms with Crippen LogP contribution in [0.5, 0.6) is 5.75 Å². The minimum Gasteiger partial charge on any atom is -0.510 e. The maximum absolute atomic E-state index is 13.7. The molecule has 1 aliphatic heterocycles. The molecular weight excluding hydrogens is 562 g/mol. The highest BCUT2D eigenvalue weighted by Gasteiger charge is 2.40. The number of fused-ring (bicyclic) bond motifs is 1. The average molecular weight is 604 g/mol. The lowest BCUT2D eigenvalue weighted by Gasteiger charge is -2.41. The second-order valence-electron chi connectivity index (χ2n) is 11.6. The molecule has 3 aromatic carbocycles. The van der Waals surface area contributed by atoms with Crippen molar-refractivity contribution in [2.45, 2.75) is 73.9 Å². The zero-order chi connectivity index (χ0) is 30.6. The Morgan fingerprint density at radius 3 is 2.09 bits per heavy atom. The van der Waals surface area contributed by atoms with Crippen LogP contribution in [0.25, 0.3) is 0 Å². The minimum atomic E-state index is -1.74. The minimum absolute atomic E-state index is 0.0539. The van der Waals surface area contributed by atoms with Crippen molar-refractivity contribution in [1.82, 2.24) is 4.90 Å². The number of benzene rings is 3. The van der Waals surface area contributed by atoms with Crippen LogP contribution in [0.15, 0.2) is 89.1 Å². The Labute approximate surface area is 256 Å². The molecule has 8 heteroatoms. The number of nitrogens with zero attached hydrogens (tertiary/aromatic N) is 1. The number of ketones is 1. The van der Waals surface area contributed by atoms with Crippen molar-refractivity contribution in [1.29, 1.82) is 0 Å². The van der Waals surface area contributed by atoms with Gasteiger partial charge in [0.25, 0.3) is 0 Å². The van der Waals surface area contributed by atoms with Crippen LogP contribution in [-0.2, 0) is 38.3 Å². The van der Waals surface area contributed by atoms with E-state index in [1.807, 2.05) is 25.1 Å². The second kappa shape index (κ2) is 13.5. The molecule has 6 rings (SSSR count). The van der Waals surface area contributed by atoms with E-state index < -0.39 is 17.2 Å². The van der Waals surface area contributed by atoms with Crippen molar-refractivity contribution in [2.75, 3.05) is 21.2 Å². The molecule has 0 spiro atoms. The van der Waals surface area contributed by atoms with E-state index in [1.54, 1.807) is 6.07 Å². The number of carbonyl (C=O) groups is 1. The van der Waals surface area contributed by atoms with Gasteiger partial charge in [0.2, 0.25) is 0 Å². The van der Waals surface area contributed by atoms with Crippen molar-refractivity contribution >= 4 is 16.9 Å². The number of aliphatic hydroxyl groups excluding tert-OH is 2. The fraction of sp³-hybridized carbons (Fsp3) is 0.400. The van der Waals surface area contributed by atoms with Crippen molar-refractivity contribution in [3.63, 3.8) is 0 Å². The number of allylic oxidation sites excluding steroid dienone is 2. The predicted molar refractivity (Wildman–Crippen MR) is 167 cm³/mol. The van der Waals surface area contributed by atoms with Crippen LogP contribution >= 0.6 is 0 Å². The van der Waals surface area contributed by atoms with Crippen LogP contribution in [0.4, 0.5) is 0 Å². The first-order chi connectivity index (χ1) is 20.9. The third-order valence-corrected chi connectivity index (χ3v) is 10.1. The lowest BCUT2D eigenvalue weighted by molar-refractivity contribution is -0.125. The molecule has 2 aliphatic carbocycles. The largest absolute Gasteiger partial charge is 0.510 e. The van der Waals surface area contributed by atoms with Gasteiger partial charge in [0.15, 0.2) is 23.0 Å². The van der Waals surface area contributed by atoms with Gasteiger partial charge >= 0.3 is 0 Å². The normalized spacial score (nSPS) is 22.1. The lowest BCUT2D eigenvalue weighted by Crippen LogP contribution is -2.36. The Kier molecular flexibility index (Phi) is 9.69. The summed E-state index contributed by atoms with van der Waals surface area (Å²) in [5, 5.41) is 17.7. The number of Topliss-reactive ketones (excluding diaryl/α,β-unsaturated/α-hetero) is 1. The van der Waals surface area contributed by atoms with Crippen molar-refractivity contribution in [3.8, 4) is 5.75 Å². The molecule has 7 nitrogen and oxygen atoms in total. The van der Waals surface area contributed by atoms with Crippen LogP contribution in [-0.4, -0.2) is 58.5 Å². The fourth-order valence-electron chi connectivity index (χ4n) is 6.71. The summed E-state index contributed by atoms with van der Waals surface area (Å²) in [7, 11) is 4.79. The van der Waals surface area contributed by atoms with Crippen molar-refractivity contribution < 1.29 is 28.1 Å². The standard InChI is InChI=1S/C34H37NO5S.CH4O/c1-35(2)28-21-23-13-16-32(33-27(23)22-31(39-33)30(37)15-14-29(28)36)41(38)40-26-17-19-34(20-18-26,24-9-5-3-6-10-24)25-11-7-4-8-12-25;1-2/h3-13,16,26,31,36H,14-15,17-22H2,1-2H3;2H,1H3/b29-28-;. The SMILES string of the molecule is CN(C)/C1=C(\O)CCC(=O)C2Cc3c(ccc(S(=O)OC4CCC(c5ccccc5)(c5ccccc5)CC4)c3O2)C1.CO. The molecule has 43 heavy (non-hydrogen) atoms. The molecule has 0 aromatic heterocycles. The highest BCUT2D eigenvalue weighted by Crippen LogP contribution is 2.46. The number of hydrogen-bond acceptors (Lipinski definition) is 7. The Bertz CT molecular complexity index is 1440. The maximum atomic E-state index is 13.7. The van der Waals surface area contributed by atoms with Gasteiger partial charge in [-0.3, -0.25) is 8.98 Å². The number of aliphatic hydroxyl groups is 2. The summed E-state index contributed by atoms with van der Waals surface area (Å²) in [6, 6.07) is 25.1. The van der Waals surface area contributed by atoms with Gasteiger partial charge < -0.3 is 19.8 Å². The molecule has 3 aromatic rings. The van der Waals surface area contributed by atoms with E-state index in [0.717, 1.165) is 49.6 Å². The fourth-order valence-corrected chi connectivity index (χ4v) is 7.75. The van der Waals surface area contributed by atoms with E-state index in [0.29, 0.717) is 23.5 Å². The third kappa shape index (κ3) is 6.28. The molecule has 2 bridgehead atoms. The summed E-state index contributed by atoms with van der Waals surface area (Å²) in [4.78, 5) is 15.3. The van der Waals surface area contributed by atoms with Crippen LogP contribution in [0.3, 0.4) is 0 Å². The number of rotatable bonds is 6. The Hall–Kier alpha value is -3.46. The Morgan fingerprint density at radius 1 is 0.907 bits per heavy atom. The third-order valence-electron chi connectivity index (χ3n) is 9.01. The molecule has 3 aliphatic rings. The molecule has 1 fully saturated rings.